The summed E-state index contributed by atoms with van der Waals surface area (Å²) in [6.07, 6.45) is 2.02. The van der Waals surface area contributed by atoms with Crippen LogP contribution in [-0.4, -0.2) is 35.3 Å². The number of nitrogens with zero attached hydrogens (tertiary/aromatic N) is 2. The van der Waals surface area contributed by atoms with Gasteiger partial charge in [-0.25, -0.2) is 9.97 Å². The highest BCUT2D eigenvalue weighted by Gasteiger charge is 2.11. The quantitative estimate of drug-likeness (QED) is 0.765. The summed E-state index contributed by atoms with van der Waals surface area (Å²) < 4.78 is 5.13. The third-order valence-corrected chi connectivity index (χ3v) is 3.58. The van der Waals surface area contributed by atoms with Gasteiger partial charge in [-0.1, -0.05) is 12.1 Å². The monoisotopic (exact) mass is 301 g/mol. The van der Waals surface area contributed by atoms with E-state index in [4.69, 9.17) is 4.74 Å². The van der Waals surface area contributed by atoms with E-state index in [1.807, 2.05) is 26.0 Å². The van der Waals surface area contributed by atoms with Gasteiger partial charge in [0.2, 0.25) is 0 Å². The Morgan fingerprint density at radius 2 is 1.95 bits per heavy atom. The molecule has 1 aromatic carbocycles. The molecule has 0 aliphatic carbocycles. The molecular formula is C17H23N3O2. The normalized spacial score (nSPS) is 12.2. The molecule has 0 spiro atoms. The van der Waals surface area contributed by atoms with E-state index in [2.05, 4.69) is 27.4 Å². The first-order valence-electron chi connectivity index (χ1n) is 7.42. The predicted molar refractivity (Wildman–Crippen MR) is 86.0 cm³/mol. The van der Waals surface area contributed by atoms with Gasteiger partial charge in [0.15, 0.2) is 0 Å². The molecule has 0 radical (unpaired) electrons. The lowest BCUT2D eigenvalue weighted by Gasteiger charge is -2.14. The minimum Gasteiger partial charge on any atom is -0.497 e. The van der Waals surface area contributed by atoms with Crippen molar-refractivity contribution in [2.45, 2.75) is 26.4 Å². The Balaban J connectivity index is 1.77. The van der Waals surface area contributed by atoms with Crippen molar-refractivity contribution in [3.8, 4) is 5.75 Å². The van der Waals surface area contributed by atoms with Crippen LogP contribution in [0.15, 0.2) is 30.5 Å². The van der Waals surface area contributed by atoms with Gasteiger partial charge in [-0.2, -0.15) is 0 Å². The van der Waals surface area contributed by atoms with Gasteiger partial charge in [-0.05, 0) is 44.5 Å². The average molecular weight is 301 g/mol. The zero-order valence-electron chi connectivity index (χ0n) is 13.3. The molecule has 0 saturated carbocycles. The largest absolute Gasteiger partial charge is 0.497 e. The second kappa shape index (κ2) is 7.87. The number of aliphatic hydroxyl groups is 1. The maximum Gasteiger partial charge on any atom is 0.125 e. The molecule has 0 amide bonds. The topological polar surface area (TPSA) is 67.3 Å². The standard InChI is InChI=1S/C17H23N3O2/c1-12-16(10-19-13(2)20-12)17(21)11-18-9-8-14-4-6-15(22-3)7-5-14/h4-7,10,17-18,21H,8-9,11H2,1-3H3/t17-/m0/s1. The molecule has 1 aromatic heterocycles. The number of aryl methyl sites for hydroxylation is 2. The average Bonchev–Trinajstić information content (AvgIpc) is 2.52. The molecule has 1 atom stereocenters. The number of ether oxygens (including phenoxy) is 1. The van der Waals surface area contributed by atoms with Gasteiger partial charge in [0.05, 0.1) is 13.2 Å². The molecule has 0 unspecified atom stereocenters. The Morgan fingerprint density at radius 1 is 1.23 bits per heavy atom. The van der Waals surface area contributed by atoms with Crippen molar-refractivity contribution < 1.29 is 9.84 Å². The highest BCUT2D eigenvalue weighted by molar-refractivity contribution is 5.27. The van der Waals surface area contributed by atoms with E-state index in [1.54, 1.807) is 13.3 Å². The first kappa shape index (κ1) is 16.4. The molecule has 2 aromatic rings. The Kier molecular flexibility index (Phi) is 5.86. The highest BCUT2D eigenvalue weighted by Crippen LogP contribution is 2.14. The van der Waals surface area contributed by atoms with E-state index in [1.165, 1.54) is 5.56 Å². The zero-order chi connectivity index (χ0) is 15.9. The second-order valence-corrected chi connectivity index (χ2v) is 5.28. The van der Waals surface area contributed by atoms with Gasteiger partial charge < -0.3 is 15.2 Å². The number of hydrogen-bond donors (Lipinski definition) is 2. The van der Waals surface area contributed by atoms with Crippen LogP contribution < -0.4 is 10.1 Å². The molecule has 0 aliphatic rings. The SMILES string of the molecule is COc1ccc(CCNC[C@H](O)c2cnc(C)nc2C)cc1. The number of aromatic nitrogens is 2. The number of rotatable bonds is 7. The van der Waals surface area contributed by atoms with Crippen molar-refractivity contribution in [2.75, 3.05) is 20.2 Å². The van der Waals surface area contributed by atoms with Crippen LogP contribution in [0.5, 0.6) is 5.75 Å². The van der Waals surface area contributed by atoms with Crippen LogP contribution >= 0.6 is 0 Å². The fraction of sp³-hybridized carbons (Fsp3) is 0.412. The Morgan fingerprint density at radius 3 is 2.59 bits per heavy atom. The van der Waals surface area contributed by atoms with Gasteiger partial charge in [-0.3, -0.25) is 0 Å². The van der Waals surface area contributed by atoms with Crippen LogP contribution in [0.1, 0.15) is 28.7 Å². The van der Waals surface area contributed by atoms with Crippen LogP contribution in [0.3, 0.4) is 0 Å². The molecule has 0 saturated heterocycles. The maximum absolute atomic E-state index is 10.2. The molecule has 5 nitrogen and oxygen atoms in total. The third kappa shape index (κ3) is 4.51. The summed E-state index contributed by atoms with van der Waals surface area (Å²) in [5.41, 5.74) is 2.84. The van der Waals surface area contributed by atoms with Crippen molar-refractivity contribution in [1.82, 2.24) is 15.3 Å². The zero-order valence-corrected chi connectivity index (χ0v) is 13.3. The van der Waals surface area contributed by atoms with Crippen molar-refractivity contribution in [3.05, 3.63) is 53.1 Å². The van der Waals surface area contributed by atoms with Crippen LogP contribution in [-0.2, 0) is 6.42 Å². The van der Waals surface area contributed by atoms with E-state index >= 15 is 0 Å². The Hall–Kier alpha value is -1.98. The van der Waals surface area contributed by atoms with Crippen molar-refractivity contribution in [1.29, 1.82) is 0 Å². The molecule has 2 rings (SSSR count). The smallest absolute Gasteiger partial charge is 0.125 e. The van der Waals surface area contributed by atoms with E-state index in [9.17, 15) is 5.11 Å². The first-order chi connectivity index (χ1) is 10.6. The highest BCUT2D eigenvalue weighted by atomic mass is 16.5. The molecular weight excluding hydrogens is 278 g/mol. The lowest BCUT2D eigenvalue weighted by Crippen LogP contribution is -2.24. The minimum atomic E-state index is -0.587. The summed E-state index contributed by atoms with van der Waals surface area (Å²) >= 11 is 0. The molecule has 118 valence electrons. The maximum atomic E-state index is 10.2. The van der Waals surface area contributed by atoms with E-state index in [0.29, 0.717) is 6.54 Å². The van der Waals surface area contributed by atoms with Crippen molar-refractivity contribution in [3.63, 3.8) is 0 Å². The molecule has 5 heteroatoms. The van der Waals surface area contributed by atoms with Crippen molar-refractivity contribution in [2.24, 2.45) is 0 Å². The molecule has 0 aliphatic heterocycles. The molecule has 1 heterocycles. The summed E-state index contributed by atoms with van der Waals surface area (Å²) in [6.45, 7) is 5.03. The summed E-state index contributed by atoms with van der Waals surface area (Å²) in [6, 6.07) is 8.01. The fourth-order valence-corrected chi connectivity index (χ4v) is 2.29. The fourth-order valence-electron chi connectivity index (χ4n) is 2.29. The van der Waals surface area contributed by atoms with Crippen LogP contribution in [0, 0.1) is 13.8 Å². The number of hydrogen-bond acceptors (Lipinski definition) is 5. The van der Waals surface area contributed by atoms with Gasteiger partial charge in [0.1, 0.15) is 11.6 Å². The van der Waals surface area contributed by atoms with Crippen LogP contribution in [0.25, 0.3) is 0 Å². The predicted octanol–water partition coefficient (Wildman–Crippen LogP) is 1.97. The van der Waals surface area contributed by atoms with Gasteiger partial charge in [0, 0.05) is 24.0 Å². The number of benzene rings is 1. The molecule has 0 bridgehead atoms. The summed E-state index contributed by atoms with van der Waals surface area (Å²) in [5, 5.41) is 13.5. The van der Waals surface area contributed by atoms with Gasteiger partial charge in [0.25, 0.3) is 0 Å². The lowest BCUT2D eigenvalue weighted by atomic mass is 10.1. The van der Waals surface area contributed by atoms with E-state index < -0.39 is 6.10 Å². The van der Waals surface area contributed by atoms with Gasteiger partial charge >= 0.3 is 0 Å². The lowest BCUT2D eigenvalue weighted by molar-refractivity contribution is 0.173. The van der Waals surface area contributed by atoms with Crippen molar-refractivity contribution >= 4 is 0 Å². The van der Waals surface area contributed by atoms with Crippen LogP contribution in [0.2, 0.25) is 0 Å². The number of aliphatic hydroxyl groups excluding tert-OH is 1. The third-order valence-electron chi connectivity index (χ3n) is 3.58. The molecule has 2 N–H and O–H groups in total. The van der Waals surface area contributed by atoms with E-state index in [0.717, 1.165) is 35.8 Å². The summed E-state index contributed by atoms with van der Waals surface area (Å²) in [7, 11) is 1.66. The first-order valence-corrected chi connectivity index (χ1v) is 7.42. The second-order valence-electron chi connectivity index (χ2n) is 5.28. The Bertz CT molecular complexity index is 599. The summed E-state index contributed by atoms with van der Waals surface area (Å²) in [5.74, 6) is 1.59. The summed E-state index contributed by atoms with van der Waals surface area (Å²) in [4.78, 5) is 8.42. The minimum absolute atomic E-state index is 0.489. The molecule has 0 fully saturated rings. The Labute approximate surface area is 131 Å². The number of nitrogens with one attached hydrogen (secondary N) is 1. The van der Waals surface area contributed by atoms with E-state index in [-0.39, 0.29) is 0 Å². The molecule has 22 heavy (non-hydrogen) atoms. The van der Waals surface area contributed by atoms with Gasteiger partial charge in [-0.15, -0.1) is 0 Å². The van der Waals surface area contributed by atoms with Crippen LogP contribution in [0.4, 0.5) is 0 Å². The number of methoxy groups -OCH3 is 1.